The van der Waals surface area contributed by atoms with Crippen LogP contribution in [0.25, 0.3) is 83.9 Å². The Hall–Kier alpha value is -6.35. The summed E-state index contributed by atoms with van der Waals surface area (Å²) in [5.74, 6) is 0.543. The maximum absolute atomic E-state index is 11.4. The molecule has 0 unspecified atom stereocenters. The number of imidazole rings is 1. The quantitative estimate of drug-likeness (QED) is 0.169. The van der Waals surface area contributed by atoms with Crippen LogP contribution in [-0.2, 0) is 26.5 Å². The maximum Gasteiger partial charge on any atom is 0.148 e. The smallest absolute Gasteiger partial charge is 0.148 e. The Kier molecular flexibility index (Phi) is 7.71. The normalized spacial score (nSPS) is 14.5. The van der Waals surface area contributed by atoms with Crippen LogP contribution in [0.4, 0.5) is 0 Å². The SMILES string of the molecule is [2H]C([2H])([2H])c1ccc(-c2ccnc(-c3[c-]c(-c4cccc5c4nc(-c4ccccc4O)n5-c4ccc(C([2H])([2H])[2H])cc4-c4ccccc4)cc4c3C(C)(C)c3ccccc3-4)c2)cc1.[Pt]. The van der Waals surface area contributed by atoms with E-state index in [1.165, 1.54) is 5.56 Å². The summed E-state index contributed by atoms with van der Waals surface area (Å²) >= 11 is 0. The molecule has 284 valence electrons. The van der Waals surface area contributed by atoms with Gasteiger partial charge in [0.1, 0.15) is 11.6 Å². The molecule has 1 N–H and O–H groups in total. The number of rotatable bonds is 6. The molecule has 0 saturated carbocycles. The van der Waals surface area contributed by atoms with E-state index in [0.29, 0.717) is 28.2 Å². The van der Waals surface area contributed by atoms with E-state index in [1.807, 2.05) is 95.6 Å². The van der Waals surface area contributed by atoms with E-state index in [1.54, 1.807) is 42.6 Å². The molecule has 0 fully saturated rings. The average Bonchev–Trinajstić information content (AvgIpc) is 3.78. The van der Waals surface area contributed by atoms with E-state index in [9.17, 15) is 5.11 Å². The predicted octanol–water partition coefficient (Wildman–Crippen LogP) is 13.2. The van der Waals surface area contributed by atoms with Gasteiger partial charge in [-0.3, -0.25) is 9.55 Å². The molecule has 2 aromatic heterocycles. The van der Waals surface area contributed by atoms with Crippen LogP contribution in [0.1, 0.15) is 44.3 Å². The van der Waals surface area contributed by atoms with Gasteiger partial charge in [-0.1, -0.05) is 162 Å². The number of aromatic nitrogens is 3. The summed E-state index contributed by atoms with van der Waals surface area (Å²) in [5.41, 5.74) is 13.7. The Morgan fingerprint density at radius 3 is 2.14 bits per heavy atom. The van der Waals surface area contributed by atoms with Crippen molar-refractivity contribution in [2.75, 3.05) is 0 Å². The molecule has 1 aliphatic carbocycles. The Bertz CT molecular complexity index is 3250. The molecule has 0 bridgehead atoms. The monoisotopic (exact) mass is 935 g/mol. The zero-order chi connectivity index (χ0) is 43.8. The topological polar surface area (TPSA) is 50.9 Å². The van der Waals surface area contributed by atoms with Crippen molar-refractivity contribution in [3.05, 3.63) is 192 Å². The van der Waals surface area contributed by atoms with E-state index in [2.05, 4.69) is 50.2 Å². The van der Waals surface area contributed by atoms with E-state index in [4.69, 9.17) is 18.2 Å². The van der Waals surface area contributed by atoms with Crippen molar-refractivity contribution >= 4 is 11.0 Å². The molecule has 1 aliphatic rings. The summed E-state index contributed by atoms with van der Waals surface area (Å²) in [6, 6.07) is 53.5. The average molecular weight is 936 g/mol. The van der Waals surface area contributed by atoms with Gasteiger partial charge in [0.2, 0.25) is 0 Å². The van der Waals surface area contributed by atoms with Crippen LogP contribution in [-0.4, -0.2) is 19.6 Å². The predicted molar refractivity (Wildman–Crippen MR) is 234 cm³/mol. The largest absolute Gasteiger partial charge is 0.507 e. The summed E-state index contributed by atoms with van der Waals surface area (Å²) < 4.78 is 50.4. The second kappa shape index (κ2) is 14.5. The second-order valence-electron chi connectivity index (χ2n) is 15.1. The van der Waals surface area contributed by atoms with Crippen molar-refractivity contribution in [1.82, 2.24) is 14.5 Å². The van der Waals surface area contributed by atoms with Gasteiger partial charge in [-0.2, -0.15) is 0 Å². The zero-order valence-electron chi connectivity index (χ0n) is 37.7. The van der Waals surface area contributed by atoms with Crippen LogP contribution in [0.5, 0.6) is 5.75 Å². The van der Waals surface area contributed by atoms with Crippen molar-refractivity contribution in [1.29, 1.82) is 0 Å². The molecule has 7 aromatic carbocycles. The van der Waals surface area contributed by atoms with E-state index in [0.717, 1.165) is 61.3 Å². The third kappa shape index (κ3) is 6.11. The molecule has 58 heavy (non-hydrogen) atoms. The van der Waals surface area contributed by atoms with E-state index >= 15 is 0 Å². The fourth-order valence-electron chi connectivity index (χ4n) is 8.57. The molecular weight excluding hydrogens is 890 g/mol. The molecule has 0 amide bonds. The van der Waals surface area contributed by atoms with Crippen LogP contribution in [0.2, 0.25) is 0 Å². The van der Waals surface area contributed by atoms with Gasteiger partial charge in [-0.25, -0.2) is 4.98 Å². The van der Waals surface area contributed by atoms with Crippen molar-refractivity contribution in [3.8, 4) is 78.6 Å². The number of hydrogen-bond acceptors (Lipinski definition) is 3. The van der Waals surface area contributed by atoms with Gasteiger partial charge in [-0.05, 0) is 83.3 Å². The first-order valence-corrected chi connectivity index (χ1v) is 19.0. The Morgan fingerprint density at radius 2 is 1.34 bits per heavy atom. The van der Waals surface area contributed by atoms with Crippen molar-refractivity contribution in [2.45, 2.75) is 33.0 Å². The Labute approximate surface area is 362 Å². The number of pyridine rings is 1. The van der Waals surface area contributed by atoms with Gasteiger partial charge in [-0.15, -0.1) is 17.7 Å². The molecule has 0 spiro atoms. The number of para-hydroxylation sites is 2. The molecule has 2 heterocycles. The Morgan fingerprint density at radius 1 is 0.621 bits per heavy atom. The van der Waals surface area contributed by atoms with Crippen LogP contribution in [0.3, 0.4) is 0 Å². The summed E-state index contributed by atoms with van der Waals surface area (Å²) in [5, 5.41) is 11.4. The van der Waals surface area contributed by atoms with Crippen molar-refractivity contribution in [3.63, 3.8) is 0 Å². The second-order valence-corrected chi connectivity index (χ2v) is 15.1. The molecule has 9 aromatic rings. The fourth-order valence-corrected chi connectivity index (χ4v) is 8.57. The zero-order valence-corrected chi connectivity index (χ0v) is 34.0. The first kappa shape index (κ1) is 30.7. The number of nitrogens with zero attached hydrogens (tertiary/aromatic N) is 3. The molecule has 10 rings (SSSR count). The molecule has 0 atom stereocenters. The third-order valence-corrected chi connectivity index (χ3v) is 11.3. The number of benzene rings is 7. The van der Waals surface area contributed by atoms with Crippen LogP contribution >= 0.6 is 0 Å². The minimum absolute atomic E-state index is 0. The summed E-state index contributed by atoms with van der Waals surface area (Å²) in [6.45, 7) is -0.0720. The molecule has 0 saturated heterocycles. The molecular formula is C53H40N3OPt-. The minimum Gasteiger partial charge on any atom is -0.507 e. The van der Waals surface area contributed by atoms with Crippen LogP contribution < -0.4 is 0 Å². The van der Waals surface area contributed by atoms with Gasteiger partial charge in [0, 0.05) is 46.7 Å². The molecule has 4 nitrogen and oxygen atoms in total. The van der Waals surface area contributed by atoms with Crippen LogP contribution in [0, 0.1) is 19.8 Å². The van der Waals surface area contributed by atoms with Gasteiger partial charge in [0.15, 0.2) is 0 Å². The number of fused-ring (bicyclic) bond motifs is 4. The van der Waals surface area contributed by atoms with Gasteiger partial charge >= 0.3 is 0 Å². The van der Waals surface area contributed by atoms with E-state index < -0.39 is 19.1 Å². The first-order chi connectivity index (χ1) is 30.2. The summed E-state index contributed by atoms with van der Waals surface area (Å²) in [4.78, 5) is 10.3. The number of aryl methyl sites for hydroxylation is 2. The standard InChI is InChI=1S/C53H40N3O.Pt/c1-33-21-24-35(25-22-33)37-27-28-54-46(32-37)44-31-38(30-43-40-15-8-10-18-45(40)53(3,4)50(43)44)39-17-12-19-48-51(39)55-52(41-16-9-11-20-49(41)57)56(48)47-26-23-34(2)29-42(47)36-13-6-5-7-14-36;/h5-30,32,57H,1-4H3;/q-1;/i1D3,2D3;. The minimum atomic E-state index is -2.33. The molecule has 5 heteroatoms. The maximum atomic E-state index is 11.4. The van der Waals surface area contributed by atoms with Crippen LogP contribution in [0.15, 0.2) is 164 Å². The number of phenolic OH excluding ortho intramolecular Hbond substituents is 1. The van der Waals surface area contributed by atoms with Gasteiger partial charge < -0.3 is 5.11 Å². The Balaban J connectivity index is 0.00000518. The molecule has 0 aliphatic heterocycles. The fraction of sp³-hybridized carbons (Fsp3) is 0.0943. The third-order valence-electron chi connectivity index (χ3n) is 11.3. The summed E-state index contributed by atoms with van der Waals surface area (Å²) in [7, 11) is 0. The van der Waals surface area contributed by atoms with Crippen molar-refractivity contribution in [2.24, 2.45) is 0 Å². The van der Waals surface area contributed by atoms with E-state index in [-0.39, 0.29) is 37.9 Å². The number of phenols is 1. The first-order valence-electron chi connectivity index (χ1n) is 22.0. The van der Waals surface area contributed by atoms with Gasteiger partial charge in [0.05, 0.1) is 22.3 Å². The van der Waals surface area contributed by atoms with Gasteiger partial charge in [0.25, 0.3) is 0 Å². The van der Waals surface area contributed by atoms with Crippen molar-refractivity contribution < 1.29 is 34.4 Å². The number of hydrogen-bond donors (Lipinski definition) is 1. The summed E-state index contributed by atoms with van der Waals surface area (Å²) in [6.07, 6.45) is 1.78. The number of aromatic hydroxyl groups is 1. The molecule has 0 radical (unpaired) electrons.